The molecule has 3 rings (SSSR count). The molecule has 0 bridgehead atoms. The molecule has 0 aromatic heterocycles. The number of nitro groups is 1. The van der Waals surface area contributed by atoms with Gasteiger partial charge in [0.05, 0.1) is 10.5 Å². The SMILES string of the molecule is Cc1ccc(NC(=O)C(OC(=O)c2ccc([N+](=O)[O-])c(F)c2)c2ccccc2)cc1. The lowest BCUT2D eigenvalue weighted by Gasteiger charge is -2.18. The van der Waals surface area contributed by atoms with Crippen LogP contribution in [0.25, 0.3) is 0 Å². The van der Waals surface area contributed by atoms with E-state index in [0.29, 0.717) is 17.3 Å². The predicted molar refractivity (Wildman–Crippen MR) is 107 cm³/mol. The van der Waals surface area contributed by atoms with Gasteiger partial charge in [-0.15, -0.1) is 0 Å². The third-order valence-electron chi connectivity index (χ3n) is 4.26. The Kier molecular flexibility index (Phi) is 6.17. The number of nitro benzene ring substituents is 1. The third kappa shape index (κ3) is 4.85. The van der Waals surface area contributed by atoms with Crippen molar-refractivity contribution in [2.45, 2.75) is 13.0 Å². The summed E-state index contributed by atoms with van der Waals surface area (Å²) in [5.41, 5.74) is 0.937. The van der Waals surface area contributed by atoms with E-state index in [1.54, 1.807) is 42.5 Å². The first-order valence-corrected chi connectivity index (χ1v) is 8.92. The Morgan fingerprint density at radius 3 is 2.30 bits per heavy atom. The molecule has 1 N–H and O–H groups in total. The highest BCUT2D eigenvalue weighted by Gasteiger charge is 2.27. The molecule has 0 aliphatic carbocycles. The normalized spacial score (nSPS) is 11.4. The predicted octanol–water partition coefficient (Wildman–Crippen LogP) is 4.58. The van der Waals surface area contributed by atoms with Gasteiger partial charge < -0.3 is 10.1 Å². The Morgan fingerprint density at radius 1 is 1.03 bits per heavy atom. The molecule has 0 fully saturated rings. The maximum atomic E-state index is 13.9. The monoisotopic (exact) mass is 408 g/mol. The Labute approximate surface area is 171 Å². The molecule has 1 unspecified atom stereocenters. The lowest BCUT2D eigenvalue weighted by atomic mass is 10.1. The number of carbonyl (C=O) groups excluding carboxylic acids is 2. The highest BCUT2D eigenvalue weighted by molar-refractivity contribution is 5.98. The highest BCUT2D eigenvalue weighted by Crippen LogP contribution is 2.24. The number of anilines is 1. The minimum Gasteiger partial charge on any atom is -0.444 e. The Balaban J connectivity index is 1.85. The maximum absolute atomic E-state index is 13.9. The molecule has 8 heteroatoms. The Hall–Kier alpha value is -4.07. The average molecular weight is 408 g/mol. The zero-order chi connectivity index (χ0) is 21.7. The van der Waals surface area contributed by atoms with Gasteiger partial charge in [-0.3, -0.25) is 14.9 Å². The molecule has 0 aliphatic heterocycles. The summed E-state index contributed by atoms with van der Waals surface area (Å²) in [6.45, 7) is 1.91. The molecule has 152 valence electrons. The topological polar surface area (TPSA) is 98.5 Å². The largest absolute Gasteiger partial charge is 0.444 e. The van der Waals surface area contributed by atoms with Crippen molar-refractivity contribution in [3.8, 4) is 0 Å². The van der Waals surface area contributed by atoms with Crippen LogP contribution in [0.15, 0.2) is 72.8 Å². The van der Waals surface area contributed by atoms with Gasteiger partial charge in [0.1, 0.15) is 0 Å². The minimum atomic E-state index is -1.31. The van der Waals surface area contributed by atoms with Gasteiger partial charge in [0.2, 0.25) is 11.9 Å². The molecule has 0 aliphatic rings. The Morgan fingerprint density at radius 2 is 1.70 bits per heavy atom. The molecule has 0 heterocycles. The van der Waals surface area contributed by atoms with E-state index in [4.69, 9.17) is 4.74 Å². The van der Waals surface area contributed by atoms with Gasteiger partial charge in [-0.05, 0) is 31.2 Å². The summed E-state index contributed by atoms with van der Waals surface area (Å²) in [4.78, 5) is 35.2. The van der Waals surface area contributed by atoms with Crippen LogP contribution in [-0.4, -0.2) is 16.8 Å². The summed E-state index contributed by atoms with van der Waals surface area (Å²) in [5.74, 6) is -2.76. The van der Waals surface area contributed by atoms with Crippen molar-refractivity contribution < 1.29 is 23.6 Å². The molecule has 3 aromatic rings. The van der Waals surface area contributed by atoms with Crippen LogP contribution in [0.1, 0.15) is 27.6 Å². The lowest BCUT2D eigenvalue weighted by Crippen LogP contribution is -2.26. The fourth-order valence-electron chi connectivity index (χ4n) is 2.70. The van der Waals surface area contributed by atoms with Gasteiger partial charge >= 0.3 is 11.7 Å². The number of amides is 1. The number of halogens is 1. The zero-order valence-electron chi connectivity index (χ0n) is 15.9. The smallest absolute Gasteiger partial charge is 0.339 e. The van der Waals surface area contributed by atoms with Crippen molar-refractivity contribution in [2.75, 3.05) is 5.32 Å². The molecule has 30 heavy (non-hydrogen) atoms. The quantitative estimate of drug-likeness (QED) is 0.366. The summed E-state index contributed by atoms with van der Waals surface area (Å²) in [6.07, 6.45) is -1.31. The van der Waals surface area contributed by atoms with E-state index < -0.39 is 34.4 Å². The molecule has 0 radical (unpaired) electrons. The van der Waals surface area contributed by atoms with Gasteiger partial charge in [-0.25, -0.2) is 4.79 Å². The number of carbonyl (C=O) groups is 2. The number of hydrogen-bond acceptors (Lipinski definition) is 5. The molecule has 0 saturated carbocycles. The molecule has 0 saturated heterocycles. The number of ether oxygens (including phenoxy) is 1. The standard InChI is InChI=1S/C22H17FN2O5/c1-14-7-10-17(11-8-14)24-21(26)20(15-5-3-2-4-6-15)30-22(27)16-9-12-19(25(28)29)18(23)13-16/h2-13,20H,1H3,(H,24,26). The molecule has 1 amide bonds. The number of hydrogen-bond donors (Lipinski definition) is 1. The maximum Gasteiger partial charge on any atom is 0.339 e. The molecule has 3 aromatic carbocycles. The molecule has 7 nitrogen and oxygen atoms in total. The van der Waals surface area contributed by atoms with Crippen LogP contribution in [0.3, 0.4) is 0 Å². The molecule has 0 spiro atoms. The molecule has 1 atom stereocenters. The first-order chi connectivity index (χ1) is 14.3. The van der Waals surface area contributed by atoms with Crippen molar-refractivity contribution in [1.82, 2.24) is 0 Å². The van der Waals surface area contributed by atoms with Crippen LogP contribution in [-0.2, 0) is 9.53 Å². The molecular weight excluding hydrogens is 391 g/mol. The van der Waals surface area contributed by atoms with E-state index >= 15 is 0 Å². The Bertz CT molecular complexity index is 1080. The van der Waals surface area contributed by atoms with Crippen molar-refractivity contribution in [3.05, 3.63) is 105 Å². The van der Waals surface area contributed by atoms with E-state index in [2.05, 4.69) is 5.32 Å². The van der Waals surface area contributed by atoms with E-state index in [9.17, 15) is 24.1 Å². The van der Waals surface area contributed by atoms with E-state index in [-0.39, 0.29) is 5.56 Å². The first kappa shape index (κ1) is 20.7. The summed E-state index contributed by atoms with van der Waals surface area (Å²) in [5, 5.41) is 13.4. The van der Waals surface area contributed by atoms with Crippen molar-refractivity contribution in [3.63, 3.8) is 0 Å². The van der Waals surface area contributed by atoms with Crippen LogP contribution in [0.5, 0.6) is 0 Å². The van der Waals surface area contributed by atoms with Gasteiger partial charge in [0.25, 0.3) is 5.91 Å². The van der Waals surface area contributed by atoms with Crippen LogP contribution in [0.2, 0.25) is 0 Å². The summed E-state index contributed by atoms with van der Waals surface area (Å²) >= 11 is 0. The second-order valence-corrected chi connectivity index (χ2v) is 6.47. The van der Waals surface area contributed by atoms with Crippen molar-refractivity contribution in [2.24, 2.45) is 0 Å². The van der Waals surface area contributed by atoms with Gasteiger partial charge in [0, 0.05) is 17.3 Å². The zero-order valence-corrected chi connectivity index (χ0v) is 15.9. The summed E-state index contributed by atoms with van der Waals surface area (Å²) in [7, 11) is 0. The second kappa shape index (κ2) is 8.95. The fraction of sp³-hybridized carbons (Fsp3) is 0.0909. The number of benzene rings is 3. The van der Waals surface area contributed by atoms with Gasteiger partial charge in [-0.2, -0.15) is 4.39 Å². The van der Waals surface area contributed by atoms with E-state index in [0.717, 1.165) is 17.7 Å². The number of nitrogens with zero attached hydrogens (tertiary/aromatic N) is 1. The fourth-order valence-corrected chi connectivity index (χ4v) is 2.70. The number of nitrogens with one attached hydrogen (secondary N) is 1. The van der Waals surface area contributed by atoms with Crippen LogP contribution >= 0.6 is 0 Å². The molecular formula is C22H17FN2O5. The lowest BCUT2D eigenvalue weighted by molar-refractivity contribution is -0.387. The number of aryl methyl sites for hydroxylation is 1. The van der Waals surface area contributed by atoms with Crippen LogP contribution < -0.4 is 5.32 Å². The summed E-state index contributed by atoms with van der Waals surface area (Å²) in [6, 6.07) is 18.0. The average Bonchev–Trinajstić information content (AvgIpc) is 2.73. The van der Waals surface area contributed by atoms with E-state index in [1.165, 1.54) is 0 Å². The summed E-state index contributed by atoms with van der Waals surface area (Å²) < 4.78 is 19.2. The van der Waals surface area contributed by atoms with E-state index in [1.807, 2.05) is 19.1 Å². The third-order valence-corrected chi connectivity index (χ3v) is 4.26. The highest BCUT2D eigenvalue weighted by atomic mass is 19.1. The first-order valence-electron chi connectivity index (χ1n) is 8.92. The second-order valence-electron chi connectivity index (χ2n) is 6.47. The van der Waals surface area contributed by atoms with Crippen molar-refractivity contribution in [1.29, 1.82) is 0 Å². The van der Waals surface area contributed by atoms with Gasteiger partial charge in [-0.1, -0.05) is 48.0 Å². The van der Waals surface area contributed by atoms with Crippen LogP contribution in [0, 0.1) is 22.9 Å². The van der Waals surface area contributed by atoms with Crippen LogP contribution in [0.4, 0.5) is 15.8 Å². The number of esters is 1. The van der Waals surface area contributed by atoms with Gasteiger partial charge in [0.15, 0.2) is 0 Å². The number of rotatable bonds is 6. The minimum absolute atomic E-state index is 0.248. The van der Waals surface area contributed by atoms with Crippen molar-refractivity contribution >= 4 is 23.3 Å².